The Hall–Kier alpha value is -0.780. The van der Waals surface area contributed by atoms with E-state index in [4.69, 9.17) is 5.73 Å². The van der Waals surface area contributed by atoms with E-state index in [2.05, 4.69) is 0 Å². The lowest BCUT2D eigenvalue weighted by molar-refractivity contribution is -0.160. The van der Waals surface area contributed by atoms with Gasteiger partial charge in [0.25, 0.3) is 0 Å². The highest BCUT2D eigenvalue weighted by atomic mass is 19.4. The molecule has 0 atom stereocenters. The van der Waals surface area contributed by atoms with Crippen LogP contribution in [-0.4, -0.2) is 37.1 Å². The minimum atomic E-state index is -4.41. The Kier molecular flexibility index (Phi) is 6.31. The number of hydrogen-bond acceptors (Lipinski definition) is 2. The van der Waals surface area contributed by atoms with E-state index in [1.165, 1.54) is 7.05 Å². The van der Waals surface area contributed by atoms with Crippen LogP contribution < -0.4 is 5.73 Å². The first-order chi connectivity index (χ1) is 6.87. The third kappa shape index (κ3) is 8.23. The van der Waals surface area contributed by atoms with Gasteiger partial charge in [-0.05, 0) is 19.4 Å². The summed E-state index contributed by atoms with van der Waals surface area (Å²) in [5.74, 6) is -0.879. The third-order valence-electron chi connectivity index (χ3n) is 1.98. The molecule has 3 nitrogen and oxygen atoms in total. The van der Waals surface area contributed by atoms with Crippen LogP contribution in [0.1, 0.15) is 25.7 Å². The van der Waals surface area contributed by atoms with Gasteiger partial charge in [-0.3, -0.25) is 4.79 Å². The molecule has 6 heteroatoms. The normalized spacial score (nSPS) is 11.5. The standard InChI is InChI=1S/C9H17F3N2O/c1-14(6-4-2-3-5-13)8(15)7-9(10,11)12/h2-7,13H2,1H3. The summed E-state index contributed by atoms with van der Waals surface area (Å²) in [7, 11) is 1.39. The van der Waals surface area contributed by atoms with Crippen LogP contribution in [0.4, 0.5) is 13.2 Å². The van der Waals surface area contributed by atoms with Crippen molar-refractivity contribution in [2.75, 3.05) is 20.1 Å². The quantitative estimate of drug-likeness (QED) is 0.698. The van der Waals surface area contributed by atoms with Gasteiger partial charge in [-0.1, -0.05) is 6.42 Å². The number of carbonyl (C=O) groups excluding carboxylic acids is 1. The van der Waals surface area contributed by atoms with Gasteiger partial charge in [0.05, 0.1) is 0 Å². The number of alkyl halides is 3. The average Bonchev–Trinajstić information content (AvgIpc) is 2.09. The van der Waals surface area contributed by atoms with Crippen molar-refractivity contribution in [3.63, 3.8) is 0 Å². The number of unbranched alkanes of at least 4 members (excludes halogenated alkanes) is 2. The summed E-state index contributed by atoms with van der Waals surface area (Å²) in [6, 6.07) is 0. The molecule has 0 heterocycles. The van der Waals surface area contributed by atoms with Gasteiger partial charge in [-0.15, -0.1) is 0 Å². The molecule has 0 spiro atoms. The second-order valence-corrected chi connectivity index (χ2v) is 3.46. The molecule has 0 aromatic rings. The molecule has 0 rings (SSSR count). The molecular formula is C9H17F3N2O. The highest BCUT2D eigenvalue weighted by molar-refractivity contribution is 5.76. The van der Waals surface area contributed by atoms with Crippen LogP contribution in [0.15, 0.2) is 0 Å². The number of hydrogen-bond donors (Lipinski definition) is 1. The van der Waals surface area contributed by atoms with Crippen molar-refractivity contribution in [1.29, 1.82) is 0 Å². The van der Waals surface area contributed by atoms with Crippen molar-refractivity contribution in [2.24, 2.45) is 5.73 Å². The maximum absolute atomic E-state index is 11.8. The highest BCUT2D eigenvalue weighted by Crippen LogP contribution is 2.20. The lowest BCUT2D eigenvalue weighted by Gasteiger charge is -2.17. The molecule has 0 fully saturated rings. The van der Waals surface area contributed by atoms with E-state index in [-0.39, 0.29) is 0 Å². The van der Waals surface area contributed by atoms with Crippen LogP contribution in [-0.2, 0) is 4.79 Å². The number of carbonyl (C=O) groups is 1. The summed E-state index contributed by atoms with van der Waals surface area (Å²) in [5.41, 5.74) is 5.26. The molecule has 0 aliphatic heterocycles. The molecular weight excluding hydrogens is 209 g/mol. The van der Waals surface area contributed by atoms with Crippen LogP contribution in [0.3, 0.4) is 0 Å². The summed E-state index contributed by atoms with van der Waals surface area (Å²) in [4.78, 5) is 12.1. The molecule has 2 N–H and O–H groups in total. The van der Waals surface area contributed by atoms with Gasteiger partial charge in [0.2, 0.25) is 5.91 Å². The molecule has 0 aromatic carbocycles. The first-order valence-electron chi connectivity index (χ1n) is 4.87. The summed E-state index contributed by atoms with van der Waals surface area (Å²) >= 11 is 0. The molecule has 0 unspecified atom stereocenters. The summed E-state index contributed by atoms with van der Waals surface area (Å²) in [5, 5.41) is 0. The Bertz CT molecular complexity index is 194. The molecule has 0 bridgehead atoms. The predicted molar refractivity (Wildman–Crippen MR) is 51.2 cm³/mol. The Balaban J connectivity index is 3.70. The van der Waals surface area contributed by atoms with Gasteiger partial charge in [0, 0.05) is 13.6 Å². The summed E-state index contributed by atoms with van der Waals surface area (Å²) in [6.45, 7) is 0.926. The zero-order valence-corrected chi connectivity index (χ0v) is 8.81. The molecule has 0 aliphatic carbocycles. The summed E-state index contributed by atoms with van der Waals surface area (Å²) in [6.07, 6.45) is -3.43. The van der Waals surface area contributed by atoms with E-state index in [1.807, 2.05) is 0 Å². The Morgan fingerprint density at radius 1 is 1.27 bits per heavy atom. The van der Waals surface area contributed by atoms with Gasteiger partial charge in [0.1, 0.15) is 6.42 Å². The minimum absolute atomic E-state index is 0.356. The maximum atomic E-state index is 11.8. The summed E-state index contributed by atoms with van der Waals surface area (Å²) < 4.78 is 35.5. The molecule has 0 aromatic heterocycles. The second kappa shape index (κ2) is 6.66. The number of amides is 1. The van der Waals surface area contributed by atoms with E-state index in [0.717, 1.165) is 17.7 Å². The number of rotatable bonds is 6. The van der Waals surface area contributed by atoms with Crippen molar-refractivity contribution in [1.82, 2.24) is 4.90 Å². The fourth-order valence-electron chi connectivity index (χ4n) is 1.10. The predicted octanol–water partition coefficient (Wildman–Crippen LogP) is 1.53. The fraction of sp³-hybridized carbons (Fsp3) is 0.889. The molecule has 90 valence electrons. The topological polar surface area (TPSA) is 46.3 Å². The van der Waals surface area contributed by atoms with Crippen LogP contribution in [0.5, 0.6) is 0 Å². The lowest BCUT2D eigenvalue weighted by Crippen LogP contribution is -2.31. The zero-order valence-electron chi connectivity index (χ0n) is 8.81. The highest BCUT2D eigenvalue weighted by Gasteiger charge is 2.32. The van der Waals surface area contributed by atoms with E-state index < -0.39 is 18.5 Å². The first kappa shape index (κ1) is 14.2. The lowest BCUT2D eigenvalue weighted by atomic mass is 10.2. The second-order valence-electron chi connectivity index (χ2n) is 3.46. The first-order valence-corrected chi connectivity index (χ1v) is 4.87. The molecule has 0 radical (unpaired) electrons. The molecule has 0 aliphatic rings. The maximum Gasteiger partial charge on any atom is 0.397 e. The molecule has 0 saturated heterocycles. The Morgan fingerprint density at radius 3 is 2.33 bits per heavy atom. The smallest absolute Gasteiger partial charge is 0.345 e. The largest absolute Gasteiger partial charge is 0.397 e. The SMILES string of the molecule is CN(CCCCCN)C(=O)CC(F)(F)F. The third-order valence-corrected chi connectivity index (χ3v) is 1.98. The van der Waals surface area contributed by atoms with Crippen LogP contribution in [0.2, 0.25) is 0 Å². The van der Waals surface area contributed by atoms with Crippen molar-refractivity contribution >= 4 is 5.91 Å². The monoisotopic (exact) mass is 226 g/mol. The van der Waals surface area contributed by atoms with Gasteiger partial charge < -0.3 is 10.6 Å². The number of nitrogens with zero attached hydrogens (tertiary/aromatic N) is 1. The van der Waals surface area contributed by atoms with Crippen molar-refractivity contribution < 1.29 is 18.0 Å². The van der Waals surface area contributed by atoms with E-state index in [0.29, 0.717) is 19.5 Å². The van der Waals surface area contributed by atoms with Gasteiger partial charge in [0.15, 0.2) is 0 Å². The van der Waals surface area contributed by atoms with E-state index in [9.17, 15) is 18.0 Å². The zero-order chi connectivity index (χ0) is 11.9. The van der Waals surface area contributed by atoms with Crippen LogP contribution in [0.25, 0.3) is 0 Å². The Morgan fingerprint density at radius 2 is 1.87 bits per heavy atom. The van der Waals surface area contributed by atoms with Crippen molar-refractivity contribution in [3.8, 4) is 0 Å². The molecule has 15 heavy (non-hydrogen) atoms. The molecule has 1 amide bonds. The van der Waals surface area contributed by atoms with Crippen LogP contribution in [0, 0.1) is 0 Å². The van der Waals surface area contributed by atoms with Crippen LogP contribution >= 0.6 is 0 Å². The van der Waals surface area contributed by atoms with Gasteiger partial charge >= 0.3 is 6.18 Å². The van der Waals surface area contributed by atoms with Gasteiger partial charge in [-0.25, -0.2) is 0 Å². The van der Waals surface area contributed by atoms with Crippen molar-refractivity contribution in [3.05, 3.63) is 0 Å². The molecule has 0 saturated carbocycles. The average molecular weight is 226 g/mol. The van der Waals surface area contributed by atoms with Gasteiger partial charge in [-0.2, -0.15) is 13.2 Å². The van der Waals surface area contributed by atoms with E-state index in [1.54, 1.807) is 0 Å². The number of halogens is 3. The Labute approximate surface area is 87.4 Å². The van der Waals surface area contributed by atoms with Crippen molar-refractivity contribution in [2.45, 2.75) is 31.9 Å². The fourth-order valence-corrected chi connectivity index (χ4v) is 1.10. The minimum Gasteiger partial charge on any atom is -0.345 e. The van der Waals surface area contributed by atoms with E-state index >= 15 is 0 Å². The number of nitrogens with two attached hydrogens (primary N) is 1.